The lowest BCUT2D eigenvalue weighted by atomic mass is 10.1. The summed E-state index contributed by atoms with van der Waals surface area (Å²) in [6.45, 7) is -0.841. The molecule has 0 radical (unpaired) electrons. The van der Waals surface area contributed by atoms with Crippen LogP contribution in [0.25, 0.3) is 17.0 Å². The van der Waals surface area contributed by atoms with E-state index >= 15 is 0 Å². The van der Waals surface area contributed by atoms with Gasteiger partial charge in [-0.25, -0.2) is 9.18 Å². The highest BCUT2D eigenvalue weighted by Gasteiger charge is 2.08. The van der Waals surface area contributed by atoms with Gasteiger partial charge in [-0.05, 0) is 36.4 Å². The van der Waals surface area contributed by atoms with Crippen molar-refractivity contribution in [3.05, 3.63) is 78.3 Å². The highest BCUT2D eigenvalue weighted by molar-refractivity contribution is 5.96. The molecule has 2 amide bonds. The van der Waals surface area contributed by atoms with E-state index in [9.17, 15) is 18.8 Å². The number of amides is 2. The molecule has 30 heavy (non-hydrogen) atoms. The third-order valence-corrected chi connectivity index (χ3v) is 3.98. The van der Waals surface area contributed by atoms with E-state index in [-0.39, 0.29) is 6.54 Å². The third kappa shape index (κ3) is 5.96. The third-order valence-electron chi connectivity index (χ3n) is 3.98. The first-order valence-electron chi connectivity index (χ1n) is 9.02. The minimum absolute atomic E-state index is 0.314. The lowest BCUT2D eigenvalue weighted by molar-refractivity contribution is -0.143. The molecule has 0 unspecified atom stereocenters. The van der Waals surface area contributed by atoms with Crippen LogP contribution in [-0.2, 0) is 19.1 Å². The molecule has 0 aliphatic rings. The number of hydrogen-bond donors (Lipinski definition) is 2. The maximum atomic E-state index is 12.8. The minimum Gasteiger partial charge on any atom is -0.452 e. The molecule has 8 heteroatoms. The highest BCUT2D eigenvalue weighted by atomic mass is 19.1. The molecule has 1 heterocycles. The van der Waals surface area contributed by atoms with Gasteiger partial charge in [0.15, 0.2) is 6.61 Å². The molecule has 1 aromatic heterocycles. The SMILES string of the molecule is O=C(COC(=O)C=Cc1cccc2cccnc12)NCC(=O)Nc1ccc(F)cc1. The van der Waals surface area contributed by atoms with Gasteiger partial charge in [-0.1, -0.05) is 24.3 Å². The zero-order valence-corrected chi connectivity index (χ0v) is 15.8. The second-order valence-electron chi connectivity index (χ2n) is 6.20. The van der Waals surface area contributed by atoms with Gasteiger partial charge in [-0.3, -0.25) is 14.6 Å². The Kier molecular flexibility index (Phi) is 6.83. The molecule has 0 saturated heterocycles. The number of nitrogens with one attached hydrogen (secondary N) is 2. The Morgan fingerprint density at radius 3 is 2.57 bits per heavy atom. The van der Waals surface area contributed by atoms with Crippen LogP contribution in [-0.4, -0.2) is 35.9 Å². The predicted octanol–water partition coefficient (Wildman–Crippen LogP) is 2.69. The fourth-order valence-corrected chi connectivity index (χ4v) is 2.57. The Morgan fingerprint density at radius 1 is 1.00 bits per heavy atom. The van der Waals surface area contributed by atoms with Gasteiger partial charge in [0.1, 0.15) is 5.82 Å². The molecule has 0 saturated carbocycles. The lowest BCUT2D eigenvalue weighted by Crippen LogP contribution is -2.35. The predicted molar refractivity (Wildman–Crippen MR) is 110 cm³/mol. The van der Waals surface area contributed by atoms with Crippen LogP contribution in [0.1, 0.15) is 5.56 Å². The molecule has 0 bridgehead atoms. The summed E-state index contributed by atoms with van der Waals surface area (Å²) >= 11 is 0. The number of esters is 1. The normalized spacial score (nSPS) is 10.7. The molecular formula is C22H18FN3O4. The zero-order chi connectivity index (χ0) is 21.3. The van der Waals surface area contributed by atoms with Crippen molar-refractivity contribution in [1.29, 1.82) is 0 Å². The van der Waals surface area contributed by atoms with Crippen molar-refractivity contribution >= 4 is 40.4 Å². The van der Waals surface area contributed by atoms with Gasteiger partial charge in [0.25, 0.3) is 5.91 Å². The van der Waals surface area contributed by atoms with E-state index in [0.29, 0.717) is 5.69 Å². The van der Waals surface area contributed by atoms with Crippen molar-refractivity contribution in [1.82, 2.24) is 10.3 Å². The van der Waals surface area contributed by atoms with Gasteiger partial charge < -0.3 is 15.4 Å². The molecule has 152 valence electrons. The number of hydrogen-bond acceptors (Lipinski definition) is 5. The van der Waals surface area contributed by atoms with E-state index in [4.69, 9.17) is 4.74 Å². The van der Waals surface area contributed by atoms with Crippen molar-refractivity contribution in [2.24, 2.45) is 0 Å². The molecule has 3 aromatic rings. The standard InChI is InChI=1S/C22H18FN3O4/c23-17-7-9-18(10-8-17)26-19(27)13-25-20(28)14-30-21(29)11-6-16-4-1-3-15-5-2-12-24-22(15)16/h1-12H,13-14H2,(H,25,28)(H,26,27). The molecule has 0 spiro atoms. The highest BCUT2D eigenvalue weighted by Crippen LogP contribution is 2.17. The Hall–Kier alpha value is -4.07. The Labute approximate surface area is 171 Å². The number of para-hydroxylation sites is 1. The summed E-state index contributed by atoms with van der Waals surface area (Å²) in [4.78, 5) is 39.6. The van der Waals surface area contributed by atoms with E-state index in [1.807, 2.05) is 30.3 Å². The van der Waals surface area contributed by atoms with Crippen LogP contribution in [0.15, 0.2) is 66.9 Å². The monoisotopic (exact) mass is 407 g/mol. The molecule has 0 fully saturated rings. The average molecular weight is 407 g/mol. The number of nitrogens with zero attached hydrogens (tertiary/aromatic N) is 1. The second-order valence-corrected chi connectivity index (χ2v) is 6.20. The molecule has 0 aliphatic carbocycles. The fourth-order valence-electron chi connectivity index (χ4n) is 2.57. The van der Waals surface area contributed by atoms with Crippen LogP contribution in [0.3, 0.4) is 0 Å². The van der Waals surface area contributed by atoms with Crippen LogP contribution >= 0.6 is 0 Å². The van der Waals surface area contributed by atoms with Crippen LogP contribution in [0.4, 0.5) is 10.1 Å². The average Bonchev–Trinajstić information content (AvgIpc) is 2.76. The molecule has 0 atom stereocenters. The van der Waals surface area contributed by atoms with Crippen molar-refractivity contribution in [3.8, 4) is 0 Å². The molecule has 7 nitrogen and oxygen atoms in total. The smallest absolute Gasteiger partial charge is 0.331 e. The second kappa shape index (κ2) is 9.92. The summed E-state index contributed by atoms with van der Waals surface area (Å²) in [5.41, 5.74) is 1.89. The van der Waals surface area contributed by atoms with Gasteiger partial charge in [-0.15, -0.1) is 0 Å². The molecule has 2 N–H and O–H groups in total. The maximum Gasteiger partial charge on any atom is 0.331 e. The van der Waals surface area contributed by atoms with Crippen LogP contribution in [0.2, 0.25) is 0 Å². The summed E-state index contributed by atoms with van der Waals surface area (Å²) in [6, 6.07) is 14.5. The number of ether oxygens (including phenoxy) is 1. The van der Waals surface area contributed by atoms with Gasteiger partial charge >= 0.3 is 5.97 Å². The topological polar surface area (TPSA) is 97.4 Å². The van der Waals surface area contributed by atoms with Crippen molar-refractivity contribution in [3.63, 3.8) is 0 Å². The molecule has 0 aliphatic heterocycles. The summed E-state index contributed by atoms with van der Waals surface area (Å²) < 4.78 is 17.7. The summed E-state index contributed by atoms with van der Waals surface area (Å²) in [5, 5.41) is 5.76. The van der Waals surface area contributed by atoms with Crippen LogP contribution in [0.5, 0.6) is 0 Å². The van der Waals surface area contributed by atoms with E-state index in [2.05, 4.69) is 15.6 Å². The first-order valence-corrected chi connectivity index (χ1v) is 9.02. The number of benzene rings is 2. The number of pyridine rings is 1. The first-order chi connectivity index (χ1) is 14.5. The zero-order valence-electron chi connectivity index (χ0n) is 15.8. The van der Waals surface area contributed by atoms with Crippen LogP contribution < -0.4 is 10.6 Å². The van der Waals surface area contributed by atoms with Crippen LogP contribution in [0, 0.1) is 5.82 Å². The van der Waals surface area contributed by atoms with E-state index in [0.717, 1.165) is 16.5 Å². The largest absolute Gasteiger partial charge is 0.452 e. The molecular weight excluding hydrogens is 389 g/mol. The number of anilines is 1. The van der Waals surface area contributed by atoms with E-state index in [1.165, 1.54) is 30.3 Å². The van der Waals surface area contributed by atoms with Crippen molar-refractivity contribution in [2.45, 2.75) is 0 Å². The number of rotatable bonds is 7. The Bertz CT molecular complexity index is 1090. The Morgan fingerprint density at radius 2 is 1.77 bits per heavy atom. The minimum atomic E-state index is -0.700. The summed E-state index contributed by atoms with van der Waals surface area (Å²) in [6.07, 6.45) is 4.43. The van der Waals surface area contributed by atoms with Crippen molar-refractivity contribution < 1.29 is 23.5 Å². The van der Waals surface area contributed by atoms with Gasteiger partial charge in [-0.2, -0.15) is 0 Å². The number of carbonyl (C=O) groups is 3. The Balaban J connectivity index is 1.43. The summed E-state index contributed by atoms with van der Waals surface area (Å²) in [7, 11) is 0. The van der Waals surface area contributed by atoms with Gasteiger partial charge in [0.2, 0.25) is 5.91 Å². The summed E-state index contributed by atoms with van der Waals surface area (Å²) in [5.74, 6) is -2.25. The van der Waals surface area contributed by atoms with Gasteiger partial charge in [0.05, 0.1) is 12.1 Å². The number of halogens is 1. The quantitative estimate of drug-likeness (QED) is 0.464. The number of carbonyl (C=O) groups excluding carboxylic acids is 3. The lowest BCUT2D eigenvalue weighted by Gasteiger charge is -2.07. The molecule has 3 rings (SSSR count). The maximum absolute atomic E-state index is 12.8. The first kappa shape index (κ1) is 20.7. The number of fused-ring (bicyclic) bond motifs is 1. The van der Waals surface area contributed by atoms with Gasteiger partial charge in [0, 0.05) is 28.9 Å². The van der Waals surface area contributed by atoms with E-state index in [1.54, 1.807) is 12.3 Å². The van der Waals surface area contributed by atoms with Crippen molar-refractivity contribution in [2.75, 3.05) is 18.5 Å². The number of aromatic nitrogens is 1. The fraction of sp³-hybridized carbons (Fsp3) is 0.0909. The molecule has 2 aromatic carbocycles. The van der Waals surface area contributed by atoms with E-state index < -0.39 is 30.2 Å².